The number of aliphatic hydroxyl groups excluding tert-OH is 1. The summed E-state index contributed by atoms with van der Waals surface area (Å²) >= 11 is 0. The lowest BCUT2D eigenvalue weighted by Gasteiger charge is -2.31. The van der Waals surface area contributed by atoms with Crippen molar-refractivity contribution in [2.24, 2.45) is 5.92 Å². The van der Waals surface area contributed by atoms with Gasteiger partial charge in [-0.15, -0.1) is 0 Å². The van der Waals surface area contributed by atoms with Gasteiger partial charge in [-0.2, -0.15) is 5.26 Å². The van der Waals surface area contributed by atoms with Crippen LogP contribution < -0.4 is 10.6 Å². The van der Waals surface area contributed by atoms with Crippen LogP contribution in [0.2, 0.25) is 0 Å². The first-order valence-electron chi connectivity index (χ1n) is 9.80. The SMILES string of the molecule is N#CCNC(=O)[C@@H]1CCCC[C@@H]1NC(=O)c1cc2ccccc2n1CCCO. The minimum atomic E-state index is -0.318. The zero-order chi connectivity index (χ0) is 19.9. The van der Waals surface area contributed by atoms with Crippen molar-refractivity contribution in [2.75, 3.05) is 13.2 Å². The molecule has 28 heavy (non-hydrogen) atoms. The summed E-state index contributed by atoms with van der Waals surface area (Å²) in [5.74, 6) is -0.701. The van der Waals surface area contributed by atoms with Crippen molar-refractivity contribution in [3.8, 4) is 6.07 Å². The van der Waals surface area contributed by atoms with Gasteiger partial charge in [0.25, 0.3) is 5.91 Å². The second-order valence-electron chi connectivity index (χ2n) is 7.16. The number of carbonyl (C=O) groups is 2. The summed E-state index contributed by atoms with van der Waals surface area (Å²) in [4.78, 5) is 25.5. The third kappa shape index (κ3) is 4.34. The molecule has 0 bridgehead atoms. The molecule has 2 aromatic rings. The molecule has 148 valence electrons. The molecule has 1 aromatic heterocycles. The molecule has 2 amide bonds. The van der Waals surface area contributed by atoms with Gasteiger partial charge in [-0.25, -0.2) is 0 Å². The predicted octanol–water partition coefficient (Wildman–Crippen LogP) is 1.95. The highest BCUT2D eigenvalue weighted by atomic mass is 16.3. The number of aryl methyl sites for hydroxylation is 1. The van der Waals surface area contributed by atoms with E-state index in [9.17, 15) is 14.7 Å². The van der Waals surface area contributed by atoms with Crippen molar-refractivity contribution < 1.29 is 14.7 Å². The Morgan fingerprint density at radius 3 is 2.82 bits per heavy atom. The first-order chi connectivity index (χ1) is 13.7. The first kappa shape index (κ1) is 19.9. The summed E-state index contributed by atoms with van der Waals surface area (Å²) < 4.78 is 1.93. The molecule has 0 radical (unpaired) electrons. The molecule has 2 atom stereocenters. The van der Waals surface area contributed by atoms with Gasteiger partial charge in [0.05, 0.1) is 12.0 Å². The lowest BCUT2D eigenvalue weighted by atomic mass is 9.83. The molecule has 0 unspecified atom stereocenters. The van der Waals surface area contributed by atoms with Crippen molar-refractivity contribution in [1.82, 2.24) is 15.2 Å². The van der Waals surface area contributed by atoms with E-state index in [1.54, 1.807) is 0 Å². The third-order valence-corrected chi connectivity index (χ3v) is 5.34. The number of aliphatic hydroxyl groups is 1. The molecular weight excluding hydrogens is 356 g/mol. The molecule has 1 aromatic carbocycles. The minimum Gasteiger partial charge on any atom is -0.396 e. The van der Waals surface area contributed by atoms with Crippen LogP contribution in [-0.2, 0) is 11.3 Å². The van der Waals surface area contributed by atoms with E-state index in [0.717, 1.165) is 30.2 Å². The number of hydrogen-bond donors (Lipinski definition) is 3. The number of nitriles is 1. The summed E-state index contributed by atoms with van der Waals surface area (Å²) in [5.41, 5.74) is 1.49. The maximum absolute atomic E-state index is 13.1. The van der Waals surface area contributed by atoms with Crippen LogP contribution in [0.4, 0.5) is 0 Å². The van der Waals surface area contributed by atoms with Gasteiger partial charge in [0, 0.05) is 30.1 Å². The molecule has 7 nitrogen and oxygen atoms in total. The van der Waals surface area contributed by atoms with Gasteiger partial charge in [0.1, 0.15) is 12.2 Å². The van der Waals surface area contributed by atoms with Gasteiger partial charge in [0.2, 0.25) is 5.91 Å². The third-order valence-electron chi connectivity index (χ3n) is 5.34. The standard InChI is InChI=1S/C21H26N4O3/c22-10-11-23-20(27)16-7-2-3-8-17(16)24-21(28)19-14-15-6-1-4-9-18(15)25(19)12-5-13-26/h1,4,6,9,14,16-17,26H,2-3,5,7-8,11-13H2,(H,23,27)(H,24,28)/t16-,17+/m1/s1. The van der Waals surface area contributed by atoms with E-state index < -0.39 is 0 Å². The summed E-state index contributed by atoms with van der Waals surface area (Å²) in [6.07, 6.45) is 3.90. The van der Waals surface area contributed by atoms with Gasteiger partial charge in [-0.1, -0.05) is 31.0 Å². The Hall–Kier alpha value is -2.85. The van der Waals surface area contributed by atoms with Crippen LogP contribution >= 0.6 is 0 Å². The highest BCUT2D eigenvalue weighted by Crippen LogP contribution is 2.26. The number of aromatic nitrogens is 1. The van der Waals surface area contributed by atoms with Gasteiger partial charge in [-0.3, -0.25) is 9.59 Å². The maximum atomic E-state index is 13.1. The molecule has 0 spiro atoms. The van der Waals surface area contributed by atoms with Crippen molar-refractivity contribution in [1.29, 1.82) is 5.26 Å². The molecule has 3 N–H and O–H groups in total. The number of nitrogens with one attached hydrogen (secondary N) is 2. The molecule has 0 saturated heterocycles. The van der Waals surface area contributed by atoms with E-state index in [1.807, 2.05) is 41.0 Å². The highest BCUT2D eigenvalue weighted by Gasteiger charge is 2.32. The van der Waals surface area contributed by atoms with Crippen molar-refractivity contribution in [2.45, 2.75) is 44.7 Å². The number of fused-ring (bicyclic) bond motifs is 1. The summed E-state index contributed by atoms with van der Waals surface area (Å²) in [6.45, 7) is 0.576. The largest absolute Gasteiger partial charge is 0.396 e. The lowest BCUT2D eigenvalue weighted by Crippen LogP contribution is -2.48. The number of benzene rings is 1. The monoisotopic (exact) mass is 382 g/mol. The highest BCUT2D eigenvalue weighted by molar-refractivity contribution is 5.99. The summed E-state index contributed by atoms with van der Waals surface area (Å²) in [6, 6.07) is 11.3. The minimum absolute atomic E-state index is 0.0224. The Morgan fingerprint density at radius 2 is 2.04 bits per heavy atom. The van der Waals surface area contributed by atoms with Gasteiger partial charge in [0.15, 0.2) is 0 Å². The molecule has 7 heteroatoms. The smallest absolute Gasteiger partial charge is 0.268 e. The van der Waals surface area contributed by atoms with Crippen LogP contribution in [0.15, 0.2) is 30.3 Å². The van der Waals surface area contributed by atoms with Crippen molar-refractivity contribution in [3.05, 3.63) is 36.0 Å². The van der Waals surface area contributed by atoms with Crippen LogP contribution in [0.25, 0.3) is 10.9 Å². The molecule has 1 heterocycles. The number of nitrogens with zero attached hydrogens (tertiary/aromatic N) is 2. The Balaban J connectivity index is 1.81. The first-order valence-corrected chi connectivity index (χ1v) is 9.80. The second-order valence-corrected chi connectivity index (χ2v) is 7.16. The Bertz CT molecular complexity index is 883. The van der Waals surface area contributed by atoms with E-state index in [2.05, 4.69) is 10.6 Å². The fourth-order valence-electron chi connectivity index (χ4n) is 3.99. The lowest BCUT2D eigenvalue weighted by molar-refractivity contribution is -0.126. The zero-order valence-electron chi connectivity index (χ0n) is 15.9. The van der Waals surface area contributed by atoms with Crippen LogP contribution in [0.3, 0.4) is 0 Å². The molecule has 1 aliphatic carbocycles. The summed E-state index contributed by atoms with van der Waals surface area (Å²) in [7, 11) is 0. The van der Waals surface area contributed by atoms with E-state index >= 15 is 0 Å². The van der Waals surface area contributed by atoms with Crippen LogP contribution in [0.5, 0.6) is 0 Å². The molecule has 1 saturated carbocycles. The van der Waals surface area contributed by atoms with E-state index in [1.165, 1.54) is 0 Å². The molecule has 3 rings (SSSR count). The number of carbonyl (C=O) groups excluding carboxylic acids is 2. The van der Waals surface area contributed by atoms with Gasteiger partial charge >= 0.3 is 0 Å². The fraction of sp³-hybridized carbons (Fsp3) is 0.476. The molecule has 1 fully saturated rings. The molecule has 1 aliphatic rings. The Labute approximate surface area is 164 Å². The predicted molar refractivity (Wildman–Crippen MR) is 105 cm³/mol. The quantitative estimate of drug-likeness (QED) is 0.636. The Kier molecular flexibility index (Phi) is 6.66. The number of rotatable bonds is 7. The Morgan fingerprint density at radius 1 is 1.25 bits per heavy atom. The normalized spacial score (nSPS) is 19.1. The number of amides is 2. The number of para-hydroxylation sites is 1. The zero-order valence-corrected chi connectivity index (χ0v) is 15.9. The fourth-order valence-corrected chi connectivity index (χ4v) is 3.99. The van der Waals surface area contributed by atoms with E-state index in [4.69, 9.17) is 5.26 Å². The topological polar surface area (TPSA) is 107 Å². The molecule has 0 aliphatic heterocycles. The maximum Gasteiger partial charge on any atom is 0.268 e. The average molecular weight is 382 g/mol. The van der Waals surface area contributed by atoms with Gasteiger partial charge in [-0.05, 0) is 31.4 Å². The second kappa shape index (κ2) is 9.38. The average Bonchev–Trinajstić information content (AvgIpc) is 3.09. The summed E-state index contributed by atoms with van der Waals surface area (Å²) in [5, 5.41) is 24.5. The van der Waals surface area contributed by atoms with E-state index in [-0.39, 0.29) is 36.9 Å². The van der Waals surface area contributed by atoms with Crippen molar-refractivity contribution >= 4 is 22.7 Å². The van der Waals surface area contributed by atoms with E-state index in [0.29, 0.717) is 25.1 Å². The van der Waals surface area contributed by atoms with Crippen LogP contribution in [0.1, 0.15) is 42.6 Å². The van der Waals surface area contributed by atoms with Crippen molar-refractivity contribution in [3.63, 3.8) is 0 Å². The van der Waals surface area contributed by atoms with Crippen LogP contribution in [0, 0.1) is 17.2 Å². The van der Waals surface area contributed by atoms with Crippen LogP contribution in [-0.4, -0.2) is 40.7 Å². The van der Waals surface area contributed by atoms with Gasteiger partial charge < -0.3 is 20.3 Å². The molecular formula is C21H26N4O3. The number of hydrogen-bond acceptors (Lipinski definition) is 4.